The lowest BCUT2D eigenvalue weighted by Gasteiger charge is -2.09. The third-order valence-corrected chi connectivity index (χ3v) is 2.90. The maximum absolute atomic E-state index is 11.7. The highest BCUT2D eigenvalue weighted by atomic mass is 16.5. The second-order valence-corrected chi connectivity index (χ2v) is 4.41. The van der Waals surface area contributed by atoms with Crippen molar-refractivity contribution in [3.63, 3.8) is 0 Å². The van der Waals surface area contributed by atoms with Crippen LogP contribution in [0.5, 0.6) is 5.75 Å². The van der Waals surface area contributed by atoms with Crippen LogP contribution in [-0.2, 0) is 16.1 Å². The van der Waals surface area contributed by atoms with Gasteiger partial charge in [-0.3, -0.25) is 9.78 Å². The predicted octanol–water partition coefficient (Wildman–Crippen LogP) is 1.56. The summed E-state index contributed by atoms with van der Waals surface area (Å²) in [5, 5.41) is 2.67. The molecule has 0 aliphatic heterocycles. The molecular weight excluding hydrogens is 284 g/mol. The lowest BCUT2D eigenvalue weighted by Crippen LogP contribution is -2.28. The monoisotopic (exact) mass is 300 g/mol. The molecule has 6 heteroatoms. The molecule has 0 fully saturated rings. The van der Waals surface area contributed by atoms with Crippen LogP contribution < -0.4 is 10.1 Å². The van der Waals surface area contributed by atoms with Gasteiger partial charge in [0.25, 0.3) is 5.91 Å². The molecule has 0 unspecified atom stereocenters. The summed E-state index contributed by atoms with van der Waals surface area (Å²) in [6, 6.07) is 10.6. The van der Waals surface area contributed by atoms with Crippen LogP contribution in [0.3, 0.4) is 0 Å². The molecule has 0 saturated heterocycles. The number of nitrogens with zero attached hydrogens (tertiary/aromatic N) is 1. The molecule has 0 aliphatic carbocycles. The van der Waals surface area contributed by atoms with Gasteiger partial charge in [-0.1, -0.05) is 18.2 Å². The predicted molar refractivity (Wildman–Crippen MR) is 79.4 cm³/mol. The molecule has 6 nitrogen and oxygen atoms in total. The smallest absolute Gasteiger partial charge is 0.340 e. The Bertz CT molecular complexity index is 644. The lowest BCUT2D eigenvalue weighted by atomic mass is 10.2. The van der Waals surface area contributed by atoms with E-state index in [0.717, 1.165) is 5.56 Å². The highest BCUT2D eigenvalue weighted by Gasteiger charge is 2.10. The molecule has 0 radical (unpaired) electrons. The van der Waals surface area contributed by atoms with Gasteiger partial charge in [0, 0.05) is 24.5 Å². The summed E-state index contributed by atoms with van der Waals surface area (Å²) in [4.78, 5) is 27.2. The van der Waals surface area contributed by atoms with Crippen LogP contribution in [0.4, 0.5) is 0 Å². The fraction of sp³-hybridized carbons (Fsp3) is 0.188. The summed E-state index contributed by atoms with van der Waals surface area (Å²) < 4.78 is 10.1. The molecule has 0 aliphatic rings. The zero-order valence-corrected chi connectivity index (χ0v) is 12.1. The summed E-state index contributed by atoms with van der Waals surface area (Å²) in [6.07, 6.45) is 2.94. The Morgan fingerprint density at radius 2 is 2.00 bits per heavy atom. The molecule has 0 saturated carbocycles. The average Bonchev–Trinajstić information content (AvgIpc) is 2.58. The van der Waals surface area contributed by atoms with E-state index in [1.54, 1.807) is 25.4 Å². The Labute approximate surface area is 128 Å². The SMILES string of the molecule is COc1ccccc1CNC(=O)COC(=O)c1cccnc1. The number of benzene rings is 1. The molecule has 114 valence electrons. The van der Waals surface area contributed by atoms with Crippen molar-refractivity contribution in [2.45, 2.75) is 6.54 Å². The first-order valence-corrected chi connectivity index (χ1v) is 6.66. The summed E-state index contributed by atoms with van der Waals surface area (Å²) in [7, 11) is 1.57. The Hall–Kier alpha value is -2.89. The van der Waals surface area contributed by atoms with Gasteiger partial charge in [0.05, 0.1) is 12.7 Å². The lowest BCUT2D eigenvalue weighted by molar-refractivity contribution is -0.124. The number of carbonyl (C=O) groups is 2. The summed E-state index contributed by atoms with van der Waals surface area (Å²) in [6.45, 7) is -0.0455. The fourth-order valence-electron chi connectivity index (χ4n) is 1.79. The minimum atomic E-state index is -0.583. The topological polar surface area (TPSA) is 77.5 Å². The van der Waals surface area contributed by atoms with Gasteiger partial charge in [-0.05, 0) is 18.2 Å². The Kier molecular flexibility index (Phi) is 5.48. The number of hydrogen-bond acceptors (Lipinski definition) is 5. The molecule has 2 aromatic rings. The van der Waals surface area contributed by atoms with Crippen LogP contribution in [0.15, 0.2) is 48.8 Å². The van der Waals surface area contributed by atoms with Crippen molar-refractivity contribution in [2.24, 2.45) is 0 Å². The Morgan fingerprint density at radius 3 is 2.73 bits per heavy atom. The van der Waals surface area contributed by atoms with Crippen LogP contribution >= 0.6 is 0 Å². The third kappa shape index (κ3) is 4.31. The molecule has 1 amide bonds. The normalized spacial score (nSPS) is 9.86. The van der Waals surface area contributed by atoms with Crippen LogP contribution in [0, 0.1) is 0 Å². The number of hydrogen-bond donors (Lipinski definition) is 1. The first-order chi connectivity index (χ1) is 10.7. The number of amides is 1. The summed E-state index contributed by atoms with van der Waals surface area (Å²) >= 11 is 0. The number of methoxy groups -OCH3 is 1. The van der Waals surface area contributed by atoms with E-state index in [9.17, 15) is 9.59 Å². The number of esters is 1. The highest BCUT2D eigenvalue weighted by Crippen LogP contribution is 2.16. The minimum Gasteiger partial charge on any atom is -0.496 e. The van der Waals surface area contributed by atoms with Crippen LogP contribution in [-0.4, -0.2) is 30.6 Å². The molecule has 1 aromatic carbocycles. The summed E-state index contributed by atoms with van der Waals surface area (Å²) in [5.41, 5.74) is 1.15. The fourth-order valence-corrected chi connectivity index (χ4v) is 1.79. The molecule has 0 atom stereocenters. The van der Waals surface area contributed by atoms with E-state index in [1.165, 1.54) is 6.20 Å². The number of para-hydroxylation sites is 1. The zero-order chi connectivity index (χ0) is 15.8. The van der Waals surface area contributed by atoms with Crippen molar-refractivity contribution in [1.82, 2.24) is 10.3 Å². The first-order valence-electron chi connectivity index (χ1n) is 6.66. The van der Waals surface area contributed by atoms with Crippen LogP contribution in [0.25, 0.3) is 0 Å². The molecule has 1 heterocycles. The highest BCUT2D eigenvalue weighted by molar-refractivity contribution is 5.90. The molecular formula is C16H16N2O4. The Morgan fingerprint density at radius 1 is 1.18 bits per heavy atom. The van der Waals surface area contributed by atoms with Crippen molar-refractivity contribution < 1.29 is 19.1 Å². The van der Waals surface area contributed by atoms with E-state index in [0.29, 0.717) is 17.9 Å². The molecule has 0 spiro atoms. The molecule has 0 bridgehead atoms. The molecule has 22 heavy (non-hydrogen) atoms. The van der Waals surface area contributed by atoms with Gasteiger partial charge in [0.15, 0.2) is 6.61 Å². The quantitative estimate of drug-likeness (QED) is 0.819. The summed E-state index contributed by atoms with van der Waals surface area (Å²) in [5.74, 6) is -0.279. The Balaban J connectivity index is 1.80. The third-order valence-electron chi connectivity index (χ3n) is 2.90. The van der Waals surface area contributed by atoms with E-state index in [4.69, 9.17) is 9.47 Å². The van der Waals surface area contributed by atoms with Crippen LogP contribution in [0.2, 0.25) is 0 Å². The maximum Gasteiger partial charge on any atom is 0.340 e. The van der Waals surface area contributed by atoms with Crippen molar-refractivity contribution in [3.8, 4) is 5.75 Å². The zero-order valence-electron chi connectivity index (χ0n) is 12.1. The van der Waals surface area contributed by atoms with Crippen molar-refractivity contribution in [2.75, 3.05) is 13.7 Å². The first kappa shape index (κ1) is 15.5. The van der Waals surface area contributed by atoms with Crippen LogP contribution in [0.1, 0.15) is 15.9 Å². The van der Waals surface area contributed by atoms with E-state index in [-0.39, 0.29) is 12.5 Å². The molecule has 1 aromatic heterocycles. The largest absolute Gasteiger partial charge is 0.496 e. The number of nitrogens with one attached hydrogen (secondary N) is 1. The van der Waals surface area contributed by atoms with Gasteiger partial charge in [0.2, 0.25) is 0 Å². The van der Waals surface area contributed by atoms with E-state index < -0.39 is 5.97 Å². The number of aromatic nitrogens is 1. The van der Waals surface area contributed by atoms with E-state index in [1.807, 2.05) is 24.3 Å². The number of pyridine rings is 1. The number of ether oxygens (including phenoxy) is 2. The second kappa shape index (κ2) is 7.78. The van der Waals surface area contributed by atoms with Gasteiger partial charge in [-0.2, -0.15) is 0 Å². The standard InChI is InChI=1S/C16H16N2O4/c1-21-14-7-3-2-5-12(14)10-18-15(19)11-22-16(20)13-6-4-8-17-9-13/h2-9H,10-11H2,1H3,(H,18,19). The number of carbonyl (C=O) groups excluding carboxylic acids is 2. The van der Waals surface area contributed by atoms with Gasteiger partial charge in [0.1, 0.15) is 5.75 Å². The van der Waals surface area contributed by atoms with Gasteiger partial charge in [-0.25, -0.2) is 4.79 Å². The average molecular weight is 300 g/mol. The van der Waals surface area contributed by atoms with Crippen molar-refractivity contribution >= 4 is 11.9 Å². The van der Waals surface area contributed by atoms with E-state index >= 15 is 0 Å². The van der Waals surface area contributed by atoms with Gasteiger partial charge in [-0.15, -0.1) is 0 Å². The number of rotatable bonds is 6. The van der Waals surface area contributed by atoms with E-state index in [2.05, 4.69) is 10.3 Å². The molecule has 2 rings (SSSR count). The molecule has 1 N–H and O–H groups in total. The maximum atomic E-state index is 11.7. The van der Waals surface area contributed by atoms with Crippen molar-refractivity contribution in [1.29, 1.82) is 0 Å². The minimum absolute atomic E-state index is 0.299. The van der Waals surface area contributed by atoms with Gasteiger partial charge >= 0.3 is 5.97 Å². The second-order valence-electron chi connectivity index (χ2n) is 4.41. The van der Waals surface area contributed by atoms with Gasteiger partial charge < -0.3 is 14.8 Å². The van der Waals surface area contributed by atoms with Crippen molar-refractivity contribution in [3.05, 3.63) is 59.9 Å².